The Bertz CT molecular complexity index is 1010. The summed E-state index contributed by atoms with van der Waals surface area (Å²) in [6, 6.07) is 4.84. The molecule has 2 aromatic carbocycles. The predicted octanol–water partition coefficient (Wildman–Crippen LogP) is 4.78. The van der Waals surface area contributed by atoms with E-state index in [0.717, 1.165) is 16.7 Å². The molecule has 0 aliphatic heterocycles. The van der Waals surface area contributed by atoms with Crippen LogP contribution in [-0.2, 0) is 0 Å². The number of carbonyl (C=O) groups is 1. The number of aromatic nitrogens is 2. The van der Waals surface area contributed by atoms with Gasteiger partial charge in [-0.25, -0.2) is 9.18 Å². The summed E-state index contributed by atoms with van der Waals surface area (Å²) in [6.07, 6.45) is 0. The predicted molar refractivity (Wildman–Crippen MR) is 95.8 cm³/mol. The van der Waals surface area contributed by atoms with Gasteiger partial charge in [0.2, 0.25) is 5.82 Å². The van der Waals surface area contributed by atoms with Gasteiger partial charge < -0.3 is 9.63 Å². The first-order chi connectivity index (χ1) is 12.2. The molecule has 3 rings (SSSR count). The van der Waals surface area contributed by atoms with Crippen LogP contribution in [0.1, 0.15) is 38.2 Å². The van der Waals surface area contributed by atoms with E-state index in [2.05, 4.69) is 10.1 Å². The Morgan fingerprint density at radius 3 is 2.31 bits per heavy atom. The zero-order chi connectivity index (χ0) is 19.2. The molecule has 3 aromatic rings. The summed E-state index contributed by atoms with van der Waals surface area (Å²) in [5, 5.41) is 13.2. The average Bonchev–Trinajstić information content (AvgIpc) is 3.07. The number of nitrogens with zero attached hydrogens (tertiary/aromatic N) is 2. The second kappa shape index (κ2) is 6.37. The third-order valence-electron chi connectivity index (χ3n) is 5.06. The SMILES string of the molecule is Cc1c(C(=O)O)cccc1-c1noc(-c2c(C)c(C)c(C)c(C)c2F)n1. The minimum atomic E-state index is -1.03. The summed E-state index contributed by atoms with van der Waals surface area (Å²) in [5.41, 5.74) is 4.69. The molecule has 1 N–H and O–H groups in total. The van der Waals surface area contributed by atoms with Crippen LogP contribution in [0.4, 0.5) is 4.39 Å². The lowest BCUT2D eigenvalue weighted by atomic mass is 9.93. The smallest absolute Gasteiger partial charge is 0.335 e. The molecule has 1 heterocycles. The van der Waals surface area contributed by atoms with Gasteiger partial charge in [-0.05, 0) is 68.5 Å². The summed E-state index contributed by atoms with van der Waals surface area (Å²) < 4.78 is 20.2. The molecule has 0 spiro atoms. The molecule has 0 saturated carbocycles. The van der Waals surface area contributed by atoms with Crippen LogP contribution in [0.25, 0.3) is 22.8 Å². The molecule has 1 aromatic heterocycles. The van der Waals surface area contributed by atoms with Gasteiger partial charge in [-0.2, -0.15) is 4.98 Å². The van der Waals surface area contributed by atoms with Gasteiger partial charge >= 0.3 is 5.97 Å². The molecule has 0 atom stereocenters. The topological polar surface area (TPSA) is 76.2 Å². The number of rotatable bonds is 3. The van der Waals surface area contributed by atoms with Crippen LogP contribution < -0.4 is 0 Å². The summed E-state index contributed by atoms with van der Waals surface area (Å²) in [4.78, 5) is 15.6. The van der Waals surface area contributed by atoms with E-state index in [1.165, 1.54) is 6.07 Å². The number of halogens is 1. The molecule has 0 aliphatic carbocycles. The van der Waals surface area contributed by atoms with Crippen molar-refractivity contribution in [3.63, 3.8) is 0 Å². The molecule has 26 heavy (non-hydrogen) atoms. The molecule has 0 fully saturated rings. The van der Waals surface area contributed by atoms with Crippen LogP contribution in [0.3, 0.4) is 0 Å². The van der Waals surface area contributed by atoms with Crippen molar-refractivity contribution in [2.45, 2.75) is 34.6 Å². The van der Waals surface area contributed by atoms with Gasteiger partial charge in [0.15, 0.2) is 0 Å². The monoisotopic (exact) mass is 354 g/mol. The molecular weight excluding hydrogens is 335 g/mol. The lowest BCUT2D eigenvalue weighted by molar-refractivity contribution is 0.0696. The van der Waals surface area contributed by atoms with Crippen molar-refractivity contribution in [1.82, 2.24) is 10.1 Å². The first-order valence-corrected chi connectivity index (χ1v) is 8.17. The molecule has 0 bridgehead atoms. The number of hydrogen-bond acceptors (Lipinski definition) is 4. The molecule has 6 heteroatoms. The van der Waals surface area contributed by atoms with E-state index in [4.69, 9.17) is 4.52 Å². The fraction of sp³-hybridized carbons (Fsp3) is 0.250. The summed E-state index contributed by atoms with van der Waals surface area (Å²) in [6.45, 7) is 9.03. The fourth-order valence-corrected chi connectivity index (χ4v) is 3.07. The highest BCUT2D eigenvalue weighted by Gasteiger charge is 2.23. The Labute approximate surface area is 150 Å². The molecule has 0 aliphatic rings. The van der Waals surface area contributed by atoms with Gasteiger partial charge in [0, 0.05) is 5.56 Å². The van der Waals surface area contributed by atoms with Crippen molar-refractivity contribution in [2.75, 3.05) is 0 Å². The normalized spacial score (nSPS) is 11.0. The molecule has 0 unspecified atom stereocenters. The molecule has 0 saturated heterocycles. The van der Waals surface area contributed by atoms with Crippen molar-refractivity contribution in [3.05, 3.63) is 57.4 Å². The van der Waals surface area contributed by atoms with Gasteiger partial charge in [-0.3, -0.25) is 0 Å². The van der Waals surface area contributed by atoms with E-state index in [0.29, 0.717) is 16.7 Å². The maximum atomic E-state index is 14.8. The number of carboxylic acid groups (broad SMARTS) is 1. The zero-order valence-corrected chi connectivity index (χ0v) is 15.3. The van der Waals surface area contributed by atoms with E-state index in [-0.39, 0.29) is 28.7 Å². The van der Waals surface area contributed by atoms with Crippen molar-refractivity contribution in [2.24, 2.45) is 0 Å². The van der Waals surface area contributed by atoms with Crippen LogP contribution in [0.15, 0.2) is 22.7 Å². The third-order valence-corrected chi connectivity index (χ3v) is 5.06. The fourth-order valence-electron chi connectivity index (χ4n) is 3.07. The summed E-state index contributed by atoms with van der Waals surface area (Å²) >= 11 is 0. The molecule has 134 valence electrons. The van der Waals surface area contributed by atoms with Crippen LogP contribution in [0.5, 0.6) is 0 Å². The van der Waals surface area contributed by atoms with Crippen LogP contribution in [-0.4, -0.2) is 21.2 Å². The highest BCUT2D eigenvalue weighted by atomic mass is 19.1. The number of hydrogen-bond donors (Lipinski definition) is 1. The van der Waals surface area contributed by atoms with Gasteiger partial charge in [0.25, 0.3) is 5.89 Å². The van der Waals surface area contributed by atoms with E-state index >= 15 is 0 Å². The third kappa shape index (κ3) is 2.67. The quantitative estimate of drug-likeness (QED) is 0.732. The lowest BCUT2D eigenvalue weighted by Crippen LogP contribution is -2.01. The number of aromatic carboxylic acids is 1. The van der Waals surface area contributed by atoms with Crippen LogP contribution in [0.2, 0.25) is 0 Å². The summed E-state index contributed by atoms with van der Waals surface area (Å²) in [7, 11) is 0. The largest absolute Gasteiger partial charge is 0.478 e. The van der Waals surface area contributed by atoms with E-state index in [9.17, 15) is 14.3 Å². The Morgan fingerprint density at radius 2 is 1.65 bits per heavy atom. The van der Waals surface area contributed by atoms with Crippen molar-refractivity contribution < 1.29 is 18.8 Å². The highest BCUT2D eigenvalue weighted by molar-refractivity contribution is 5.91. The summed E-state index contributed by atoms with van der Waals surface area (Å²) in [5.74, 6) is -1.09. The van der Waals surface area contributed by atoms with Gasteiger partial charge in [-0.15, -0.1) is 0 Å². The van der Waals surface area contributed by atoms with E-state index in [1.807, 2.05) is 20.8 Å². The molecule has 0 radical (unpaired) electrons. The maximum Gasteiger partial charge on any atom is 0.335 e. The average molecular weight is 354 g/mol. The molecule has 5 nitrogen and oxygen atoms in total. The van der Waals surface area contributed by atoms with E-state index < -0.39 is 5.97 Å². The zero-order valence-electron chi connectivity index (χ0n) is 15.3. The standard InChI is InChI=1S/C20H19FN2O3/c1-9-10(2)12(4)17(21)16(11(9)3)19-22-18(23-26-19)14-7-6-8-15(13(14)5)20(24)25/h6-8H,1-5H3,(H,24,25). The molecule has 0 amide bonds. The van der Waals surface area contributed by atoms with Crippen molar-refractivity contribution >= 4 is 5.97 Å². The highest BCUT2D eigenvalue weighted by Crippen LogP contribution is 2.34. The second-order valence-corrected chi connectivity index (χ2v) is 6.40. The van der Waals surface area contributed by atoms with Gasteiger partial charge in [-0.1, -0.05) is 17.3 Å². The first-order valence-electron chi connectivity index (χ1n) is 8.17. The van der Waals surface area contributed by atoms with Crippen LogP contribution in [0, 0.1) is 40.4 Å². The lowest BCUT2D eigenvalue weighted by Gasteiger charge is -2.13. The van der Waals surface area contributed by atoms with Crippen molar-refractivity contribution in [3.8, 4) is 22.8 Å². The number of benzene rings is 2. The van der Waals surface area contributed by atoms with Gasteiger partial charge in [0.1, 0.15) is 5.82 Å². The maximum absolute atomic E-state index is 14.8. The number of carboxylic acids is 1. The first kappa shape index (κ1) is 17.8. The van der Waals surface area contributed by atoms with E-state index in [1.54, 1.807) is 26.0 Å². The van der Waals surface area contributed by atoms with Crippen molar-refractivity contribution in [1.29, 1.82) is 0 Å². The molecular formula is C20H19FN2O3. The Morgan fingerprint density at radius 1 is 1.00 bits per heavy atom. The Kier molecular flexibility index (Phi) is 4.36. The second-order valence-electron chi connectivity index (χ2n) is 6.40. The Hall–Kier alpha value is -3.02. The van der Waals surface area contributed by atoms with Crippen LogP contribution >= 0.6 is 0 Å². The Balaban J connectivity index is 2.17. The van der Waals surface area contributed by atoms with Gasteiger partial charge in [0.05, 0.1) is 11.1 Å². The minimum absolute atomic E-state index is 0.0846. The minimum Gasteiger partial charge on any atom is -0.478 e.